The Bertz CT molecular complexity index is 828. The Morgan fingerprint density at radius 3 is 2.86 bits per heavy atom. The summed E-state index contributed by atoms with van der Waals surface area (Å²) in [7, 11) is 0. The molecule has 0 radical (unpaired) electrons. The second-order valence-corrected chi connectivity index (χ2v) is 4.65. The van der Waals surface area contributed by atoms with Crippen molar-refractivity contribution in [1.82, 2.24) is 5.48 Å². The Morgan fingerprint density at radius 2 is 2.09 bits per heavy atom. The minimum atomic E-state index is -0.597. The van der Waals surface area contributed by atoms with Gasteiger partial charge in [-0.1, -0.05) is 6.07 Å². The van der Waals surface area contributed by atoms with Crippen LogP contribution in [0.3, 0.4) is 0 Å². The molecule has 0 saturated heterocycles. The molecule has 6 heteroatoms. The molecule has 0 unspecified atom stereocenters. The molecule has 112 valence electrons. The van der Waals surface area contributed by atoms with Crippen molar-refractivity contribution in [3.8, 4) is 5.75 Å². The summed E-state index contributed by atoms with van der Waals surface area (Å²) in [5, 5.41) is 9.33. The highest BCUT2D eigenvalue weighted by Crippen LogP contribution is 2.22. The molecular weight excluding hydrogens is 289 g/mol. The third-order valence-electron chi connectivity index (χ3n) is 3.11. The van der Waals surface area contributed by atoms with Gasteiger partial charge in [-0.3, -0.25) is 10.0 Å². The first-order chi connectivity index (χ1) is 10.7. The third-order valence-corrected chi connectivity index (χ3v) is 3.11. The van der Waals surface area contributed by atoms with Crippen LogP contribution in [-0.4, -0.2) is 11.1 Å². The lowest BCUT2D eigenvalue weighted by Crippen LogP contribution is -2.18. The molecule has 0 aliphatic rings. The average molecular weight is 301 g/mol. The number of carbonyl (C=O) groups excluding carboxylic acids is 1. The van der Waals surface area contributed by atoms with Crippen molar-refractivity contribution >= 4 is 16.9 Å². The van der Waals surface area contributed by atoms with Crippen LogP contribution in [0.2, 0.25) is 0 Å². The zero-order chi connectivity index (χ0) is 15.5. The van der Waals surface area contributed by atoms with Gasteiger partial charge in [0.1, 0.15) is 29.5 Å². The fourth-order valence-electron chi connectivity index (χ4n) is 2.09. The van der Waals surface area contributed by atoms with Gasteiger partial charge < -0.3 is 9.15 Å². The second-order valence-electron chi connectivity index (χ2n) is 4.65. The van der Waals surface area contributed by atoms with Crippen LogP contribution < -0.4 is 10.2 Å². The van der Waals surface area contributed by atoms with Gasteiger partial charge in [0.15, 0.2) is 0 Å². The quantitative estimate of drug-likeness (QED) is 0.573. The maximum Gasteiger partial charge on any atom is 0.274 e. The number of amides is 1. The summed E-state index contributed by atoms with van der Waals surface area (Å²) in [6.45, 7) is 0.139. The molecule has 3 aromatic rings. The molecule has 1 amide bonds. The molecule has 0 saturated carbocycles. The molecule has 0 bridgehead atoms. The lowest BCUT2D eigenvalue weighted by atomic mass is 10.1. The van der Waals surface area contributed by atoms with Crippen LogP contribution in [0.4, 0.5) is 4.39 Å². The molecular formula is C16H12FNO4. The van der Waals surface area contributed by atoms with E-state index in [1.54, 1.807) is 35.8 Å². The van der Waals surface area contributed by atoms with Crippen LogP contribution in [0, 0.1) is 5.82 Å². The van der Waals surface area contributed by atoms with Crippen LogP contribution >= 0.6 is 0 Å². The molecule has 5 nitrogen and oxygen atoms in total. The van der Waals surface area contributed by atoms with Gasteiger partial charge in [-0.15, -0.1) is 0 Å². The number of carbonyl (C=O) groups is 1. The SMILES string of the molecule is O=C(NO)c1ccc2oc(COc3cccc(F)c3)cc2c1. The summed E-state index contributed by atoms with van der Waals surface area (Å²) in [5.41, 5.74) is 2.48. The molecule has 2 aromatic carbocycles. The second kappa shape index (κ2) is 5.87. The fraction of sp³-hybridized carbons (Fsp3) is 0.0625. The van der Waals surface area contributed by atoms with E-state index in [0.717, 1.165) is 0 Å². The highest BCUT2D eigenvalue weighted by Gasteiger charge is 2.09. The standard InChI is InChI=1S/C16H12FNO4/c17-12-2-1-3-13(8-12)21-9-14-7-11-6-10(16(19)18-20)4-5-15(11)22-14/h1-8,20H,9H2,(H,18,19). The monoisotopic (exact) mass is 301 g/mol. The van der Waals surface area contributed by atoms with E-state index in [9.17, 15) is 9.18 Å². The van der Waals surface area contributed by atoms with Gasteiger partial charge in [0.2, 0.25) is 0 Å². The van der Waals surface area contributed by atoms with E-state index in [-0.39, 0.29) is 12.4 Å². The highest BCUT2D eigenvalue weighted by molar-refractivity contribution is 5.97. The highest BCUT2D eigenvalue weighted by atomic mass is 19.1. The third kappa shape index (κ3) is 2.91. The summed E-state index contributed by atoms with van der Waals surface area (Å²) >= 11 is 0. The molecule has 0 spiro atoms. The Kier molecular flexibility index (Phi) is 3.76. The normalized spacial score (nSPS) is 10.6. The van der Waals surface area contributed by atoms with Gasteiger partial charge in [0.25, 0.3) is 5.91 Å². The van der Waals surface area contributed by atoms with Gasteiger partial charge >= 0.3 is 0 Å². The molecule has 1 aromatic heterocycles. The van der Waals surface area contributed by atoms with E-state index >= 15 is 0 Å². The summed E-state index contributed by atoms with van der Waals surface area (Å²) < 4.78 is 24.1. The molecule has 2 N–H and O–H groups in total. The summed E-state index contributed by atoms with van der Waals surface area (Å²) in [6.07, 6.45) is 0. The molecule has 0 aliphatic heterocycles. The van der Waals surface area contributed by atoms with Crippen LogP contribution in [-0.2, 0) is 6.61 Å². The topological polar surface area (TPSA) is 71.7 Å². The molecule has 3 rings (SSSR count). The van der Waals surface area contributed by atoms with E-state index < -0.39 is 5.91 Å². The smallest absolute Gasteiger partial charge is 0.274 e. The number of fused-ring (bicyclic) bond motifs is 1. The number of ether oxygens (including phenoxy) is 1. The Hall–Kier alpha value is -2.86. The van der Waals surface area contributed by atoms with Gasteiger partial charge in [-0.25, -0.2) is 9.87 Å². The van der Waals surface area contributed by atoms with Crippen molar-refractivity contribution in [3.63, 3.8) is 0 Å². The van der Waals surface area contributed by atoms with Crippen molar-refractivity contribution in [2.24, 2.45) is 0 Å². The number of benzene rings is 2. The first-order valence-corrected chi connectivity index (χ1v) is 6.51. The molecule has 0 atom stereocenters. The fourth-order valence-corrected chi connectivity index (χ4v) is 2.09. The molecule has 0 aliphatic carbocycles. The first kappa shape index (κ1) is 14.1. The Labute approximate surface area is 124 Å². The average Bonchev–Trinajstić information content (AvgIpc) is 2.94. The van der Waals surface area contributed by atoms with Gasteiger partial charge in [-0.05, 0) is 36.4 Å². The summed E-state index contributed by atoms with van der Waals surface area (Å²) in [6, 6.07) is 12.3. The lowest BCUT2D eigenvalue weighted by molar-refractivity contribution is 0.0706. The van der Waals surface area contributed by atoms with Crippen molar-refractivity contribution in [1.29, 1.82) is 0 Å². The van der Waals surface area contributed by atoms with E-state index in [1.165, 1.54) is 18.2 Å². The van der Waals surface area contributed by atoms with Gasteiger partial charge in [0.05, 0.1) is 0 Å². The van der Waals surface area contributed by atoms with Crippen LogP contribution in [0.15, 0.2) is 52.9 Å². The molecule has 22 heavy (non-hydrogen) atoms. The Morgan fingerprint density at radius 1 is 1.23 bits per heavy atom. The summed E-state index contributed by atoms with van der Waals surface area (Å²) in [5.74, 6) is -0.0240. The van der Waals surface area contributed by atoms with Crippen LogP contribution in [0.5, 0.6) is 5.75 Å². The lowest BCUT2D eigenvalue weighted by Gasteiger charge is -2.03. The minimum Gasteiger partial charge on any atom is -0.486 e. The number of hydroxylamine groups is 1. The van der Waals surface area contributed by atoms with E-state index in [1.807, 2.05) is 0 Å². The minimum absolute atomic E-state index is 0.139. The zero-order valence-corrected chi connectivity index (χ0v) is 11.4. The predicted octanol–water partition coefficient (Wildman–Crippen LogP) is 3.27. The number of halogens is 1. The number of nitrogens with one attached hydrogen (secondary N) is 1. The number of furan rings is 1. The number of rotatable bonds is 4. The van der Waals surface area contributed by atoms with Crippen LogP contribution in [0.25, 0.3) is 11.0 Å². The van der Waals surface area contributed by atoms with Crippen molar-refractivity contribution in [2.75, 3.05) is 0 Å². The number of hydrogen-bond donors (Lipinski definition) is 2. The molecule has 1 heterocycles. The van der Waals surface area contributed by atoms with Gasteiger partial charge in [-0.2, -0.15) is 0 Å². The maximum atomic E-state index is 13.1. The molecule has 0 fully saturated rings. The van der Waals surface area contributed by atoms with Crippen molar-refractivity contribution in [2.45, 2.75) is 6.61 Å². The van der Waals surface area contributed by atoms with E-state index in [0.29, 0.717) is 28.0 Å². The zero-order valence-electron chi connectivity index (χ0n) is 11.4. The van der Waals surface area contributed by atoms with Gasteiger partial charge in [0, 0.05) is 17.0 Å². The predicted molar refractivity (Wildman–Crippen MR) is 76.2 cm³/mol. The van der Waals surface area contributed by atoms with Crippen LogP contribution in [0.1, 0.15) is 16.1 Å². The first-order valence-electron chi connectivity index (χ1n) is 6.51. The maximum absolute atomic E-state index is 13.1. The van der Waals surface area contributed by atoms with E-state index in [4.69, 9.17) is 14.4 Å². The van der Waals surface area contributed by atoms with E-state index in [2.05, 4.69) is 0 Å². The number of hydrogen-bond acceptors (Lipinski definition) is 4. The van der Waals surface area contributed by atoms with Crippen molar-refractivity contribution < 1.29 is 23.5 Å². The largest absolute Gasteiger partial charge is 0.486 e. The Balaban J connectivity index is 1.78. The van der Waals surface area contributed by atoms with Crippen molar-refractivity contribution in [3.05, 3.63) is 65.7 Å². The summed E-state index contributed by atoms with van der Waals surface area (Å²) in [4.78, 5) is 11.4.